The molecule has 0 radical (unpaired) electrons. The Labute approximate surface area is 160 Å². The summed E-state index contributed by atoms with van der Waals surface area (Å²) in [5, 5.41) is 0.786. The van der Waals surface area contributed by atoms with Crippen LogP contribution in [-0.4, -0.2) is 4.98 Å². The van der Waals surface area contributed by atoms with Crippen LogP contribution in [0.15, 0.2) is 72.9 Å². The number of hydrogen-bond donors (Lipinski definition) is 0. The summed E-state index contributed by atoms with van der Waals surface area (Å²) in [5.74, 6) is 1.45. The largest absolute Gasteiger partial charge is 0.439 e. The Hall–Kier alpha value is -2.32. The molecule has 0 spiro atoms. The molecule has 0 fully saturated rings. The predicted octanol–water partition coefficient (Wildman–Crippen LogP) is 6.83. The number of pyridine rings is 1. The second-order valence-corrected chi connectivity index (χ2v) is 7.60. The number of aromatic nitrogens is 1. The van der Waals surface area contributed by atoms with Gasteiger partial charge in [-0.05, 0) is 66.1 Å². The molecule has 134 valence electrons. The Morgan fingerprint density at radius 3 is 2.50 bits per heavy atom. The molecule has 0 bridgehead atoms. The summed E-state index contributed by atoms with van der Waals surface area (Å²) in [6, 6.07) is 22.1. The molecule has 3 heteroatoms. The first-order valence-corrected chi connectivity index (χ1v) is 9.35. The van der Waals surface area contributed by atoms with E-state index in [1.54, 1.807) is 6.20 Å². The van der Waals surface area contributed by atoms with Gasteiger partial charge in [-0.15, -0.1) is 0 Å². The minimum atomic E-state index is 0.132. The number of hydrogen-bond acceptors (Lipinski definition) is 2. The Morgan fingerprint density at radius 1 is 0.962 bits per heavy atom. The maximum absolute atomic E-state index is 6.00. The van der Waals surface area contributed by atoms with Crippen LogP contribution >= 0.6 is 11.6 Å². The molecule has 0 N–H and O–H groups in total. The predicted molar refractivity (Wildman–Crippen MR) is 108 cm³/mol. The van der Waals surface area contributed by atoms with Crippen molar-refractivity contribution in [1.82, 2.24) is 4.98 Å². The van der Waals surface area contributed by atoms with Crippen LogP contribution in [0.4, 0.5) is 0 Å². The molecule has 3 aromatic rings. The summed E-state index contributed by atoms with van der Waals surface area (Å²) < 4.78 is 5.82. The zero-order valence-corrected chi connectivity index (χ0v) is 16.0. The smallest absolute Gasteiger partial charge is 0.219 e. The van der Waals surface area contributed by atoms with Gasteiger partial charge in [-0.25, -0.2) is 4.98 Å². The van der Waals surface area contributed by atoms with Crippen molar-refractivity contribution in [3.63, 3.8) is 0 Å². The number of halogens is 1. The van der Waals surface area contributed by atoms with Crippen molar-refractivity contribution in [1.29, 1.82) is 0 Å². The summed E-state index contributed by atoms with van der Waals surface area (Å²) in [4.78, 5) is 4.21. The molecule has 0 aliphatic rings. The lowest BCUT2D eigenvalue weighted by Crippen LogP contribution is -2.17. The van der Waals surface area contributed by atoms with Gasteiger partial charge in [0.2, 0.25) is 5.88 Å². The van der Waals surface area contributed by atoms with Crippen LogP contribution in [0.3, 0.4) is 0 Å². The molecule has 0 atom stereocenters. The van der Waals surface area contributed by atoms with Crippen LogP contribution in [0.25, 0.3) is 0 Å². The molecule has 0 aliphatic heterocycles. The first kappa shape index (κ1) is 18.5. The fraction of sp³-hybridized carbons (Fsp3) is 0.261. The molecular formula is C23H24ClNO. The third kappa shape index (κ3) is 5.09. The SMILES string of the molecule is CC(C)(CCCc1cccc(Oc2ccccn2)c1)c1ccc(Cl)cc1. The number of aryl methyl sites for hydroxylation is 1. The third-order valence-corrected chi connectivity index (χ3v) is 4.90. The van der Waals surface area contributed by atoms with E-state index in [0.29, 0.717) is 5.88 Å². The Bertz CT molecular complexity index is 828. The first-order chi connectivity index (χ1) is 12.5. The second kappa shape index (κ2) is 8.37. The van der Waals surface area contributed by atoms with E-state index in [0.717, 1.165) is 30.0 Å². The summed E-state index contributed by atoms with van der Waals surface area (Å²) in [6.07, 6.45) is 4.98. The van der Waals surface area contributed by atoms with Crippen LogP contribution in [0, 0.1) is 0 Å². The molecule has 1 aromatic heterocycles. The quantitative estimate of drug-likeness (QED) is 0.457. The Balaban J connectivity index is 1.58. The first-order valence-electron chi connectivity index (χ1n) is 8.97. The maximum Gasteiger partial charge on any atom is 0.219 e. The highest BCUT2D eigenvalue weighted by Gasteiger charge is 2.19. The van der Waals surface area contributed by atoms with Crippen molar-refractivity contribution < 1.29 is 4.74 Å². The zero-order valence-electron chi connectivity index (χ0n) is 15.3. The highest BCUT2D eigenvalue weighted by atomic mass is 35.5. The fourth-order valence-electron chi connectivity index (χ4n) is 3.07. The summed E-state index contributed by atoms with van der Waals surface area (Å²) in [6.45, 7) is 4.58. The number of rotatable bonds is 7. The molecule has 2 aromatic carbocycles. The lowest BCUT2D eigenvalue weighted by molar-refractivity contribution is 0.456. The van der Waals surface area contributed by atoms with Gasteiger partial charge in [0, 0.05) is 17.3 Å². The average molecular weight is 366 g/mol. The standard InChI is InChI=1S/C23H24ClNO/c1-23(2,19-11-13-20(24)14-12-19)15-6-8-18-7-5-9-21(17-18)26-22-10-3-4-16-25-22/h3-5,7,9-14,16-17H,6,8,15H2,1-2H3. The van der Waals surface area contributed by atoms with Gasteiger partial charge in [0.15, 0.2) is 0 Å². The van der Waals surface area contributed by atoms with Gasteiger partial charge < -0.3 is 4.74 Å². The van der Waals surface area contributed by atoms with Crippen LogP contribution in [0.5, 0.6) is 11.6 Å². The van der Waals surface area contributed by atoms with E-state index < -0.39 is 0 Å². The second-order valence-electron chi connectivity index (χ2n) is 7.16. The van der Waals surface area contributed by atoms with Crippen LogP contribution in [-0.2, 0) is 11.8 Å². The fourth-order valence-corrected chi connectivity index (χ4v) is 3.20. The molecule has 2 nitrogen and oxygen atoms in total. The molecule has 3 rings (SSSR count). The van der Waals surface area contributed by atoms with Crippen molar-refractivity contribution >= 4 is 11.6 Å². The lowest BCUT2D eigenvalue weighted by atomic mass is 9.80. The summed E-state index contributed by atoms with van der Waals surface area (Å²) >= 11 is 6.00. The topological polar surface area (TPSA) is 22.1 Å². The maximum atomic E-state index is 6.00. The molecule has 0 saturated heterocycles. The highest BCUT2D eigenvalue weighted by molar-refractivity contribution is 6.30. The molecule has 26 heavy (non-hydrogen) atoms. The third-order valence-electron chi connectivity index (χ3n) is 4.65. The van der Waals surface area contributed by atoms with Crippen molar-refractivity contribution in [3.8, 4) is 11.6 Å². The minimum absolute atomic E-state index is 0.132. The monoisotopic (exact) mass is 365 g/mol. The molecular weight excluding hydrogens is 342 g/mol. The van der Waals surface area contributed by atoms with E-state index in [-0.39, 0.29) is 5.41 Å². The highest BCUT2D eigenvalue weighted by Crippen LogP contribution is 2.30. The van der Waals surface area contributed by atoms with Gasteiger partial charge in [0.1, 0.15) is 5.75 Å². The van der Waals surface area contributed by atoms with Crippen LogP contribution < -0.4 is 4.74 Å². The van der Waals surface area contributed by atoms with Gasteiger partial charge in [0.25, 0.3) is 0 Å². The van der Waals surface area contributed by atoms with Crippen molar-refractivity contribution in [2.45, 2.75) is 38.5 Å². The Kier molecular flexibility index (Phi) is 5.95. The van der Waals surface area contributed by atoms with Gasteiger partial charge in [-0.2, -0.15) is 0 Å². The average Bonchev–Trinajstić information content (AvgIpc) is 2.63. The number of nitrogens with zero attached hydrogens (tertiary/aromatic N) is 1. The minimum Gasteiger partial charge on any atom is -0.439 e. The van der Waals surface area contributed by atoms with Crippen molar-refractivity contribution in [3.05, 3.63) is 89.1 Å². The summed E-state index contributed by atoms with van der Waals surface area (Å²) in [7, 11) is 0. The molecule has 1 heterocycles. The van der Waals surface area contributed by atoms with Crippen molar-refractivity contribution in [2.24, 2.45) is 0 Å². The molecule has 0 saturated carbocycles. The van der Waals surface area contributed by atoms with Crippen LogP contribution in [0.2, 0.25) is 5.02 Å². The summed E-state index contributed by atoms with van der Waals surface area (Å²) in [5.41, 5.74) is 2.74. The van der Waals surface area contributed by atoms with Gasteiger partial charge in [-0.3, -0.25) is 0 Å². The Morgan fingerprint density at radius 2 is 1.77 bits per heavy atom. The number of ether oxygens (including phenoxy) is 1. The van der Waals surface area contributed by atoms with E-state index in [4.69, 9.17) is 16.3 Å². The van der Waals surface area contributed by atoms with E-state index in [2.05, 4.69) is 43.1 Å². The molecule has 0 aliphatic carbocycles. The van der Waals surface area contributed by atoms with Gasteiger partial charge >= 0.3 is 0 Å². The zero-order chi connectivity index (χ0) is 18.4. The molecule has 0 unspecified atom stereocenters. The van der Waals surface area contributed by atoms with Gasteiger partial charge in [-0.1, -0.05) is 55.8 Å². The van der Waals surface area contributed by atoms with Crippen LogP contribution in [0.1, 0.15) is 37.8 Å². The van der Waals surface area contributed by atoms with Gasteiger partial charge in [0.05, 0.1) is 0 Å². The van der Waals surface area contributed by atoms with E-state index >= 15 is 0 Å². The molecule has 0 amide bonds. The van der Waals surface area contributed by atoms with E-state index in [1.807, 2.05) is 42.5 Å². The number of benzene rings is 2. The lowest BCUT2D eigenvalue weighted by Gasteiger charge is -2.25. The normalized spacial score (nSPS) is 11.3. The van der Waals surface area contributed by atoms with E-state index in [9.17, 15) is 0 Å². The van der Waals surface area contributed by atoms with E-state index in [1.165, 1.54) is 11.1 Å². The van der Waals surface area contributed by atoms with Crippen molar-refractivity contribution in [2.75, 3.05) is 0 Å².